The molecule has 2 atom stereocenters. The van der Waals surface area contributed by atoms with Crippen LogP contribution in [0.1, 0.15) is 30.5 Å². The number of aromatic nitrogens is 2. The molecule has 2 aliphatic heterocycles. The molecule has 4 aromatic rings. The molecule has 0 spiro atoms. The Hall–Kier alpha value is -4.32. The number of aliphatic imine (C=N–C) groups is 2. The molecule has 3 aromatic carbocycles. The fraction of sp³-hybridized carbons (Fsp3) is 0.226. The van der Waals surface area contributed by atoms with E-state index in [1.807, 2.05) is 4.90 Å². The van der Waals surface area contributed by atoms with Crippen LogP contribution in [0, 0.1) is 17.5 Å². The molecule has 2 unspecified atom stereocenters. The zero-order valence-electron chi connectivity index (χ0n) is 23.5. The smallest absolute Gasteiger partial charge is 0.331 e. The molecule has 12 heteroatoms. The summed E-state index contributed by atoms with van der Waals surface area (Å²) in [6.07, 6.45) is 1.61. The largest absolute Gasteiger partial charge is 0.369 e. The maximum atomic E-state index is 15.1. The average Bonchev–Trinajstić information content (AvgIpc) is 3.10. The molecule has 220 valence electrons. The summed E-state index contributed by atoms with van der Waals surface area (Å²) in [5.74, 6) is -1.42. The van der Waals surface area contributed by atoms with E-state index in [4.69, 9.17) is 22.3 Å². The number of guanidine groups is 1. The van der Waals surface area contributed by atoms with Gasteiger partial charge in [-0.2, -0.15) is 9.97 Å². The summed E-state index contributed by atoms with van der Waals surface area (Å²) in [6.45, 7) is 5.58. The zero-order valence-corrected chi connectivity index (χ0v) is 24.2. The van der Waals surface area contributed by atoms with Gasteiger partial charge >= 0.3 is 5.95 Å². The molecule has 5 N–H and O–H groups in total. The van der Waals surface area contributed by atoms with Gasteiger partial charge in [-0.25, -0.2) is 23.5 Å². The van der Waals surface area contributed by atoms with Crippen LogP contribution in [-0.4, -0.2) is 51.7 Å². The Morgan fingerprint density at radius 2 is 1.74 bits per heavy atom. The molecule has 1 aromatic heterocycles. The van der Waals surface area contributed by atoms with Gasteiger partial charge in [0.1, 0.15) is 23.0 Å². The first-order valence-electron chi connectivity index (χ1n) is 13.8. The Morgan fingerprint density at radius 3 is 2.47 bits per heavy atom. The van der Waals surface area contributed by atoms with Crippen molar-refractivity contribution in [3.05, 3.63) is 100.0 Å². The summed E-state index contributed by atoms with van der Waals surface area (Å²) in [5, 5.41) is 5.45. The minimum absolute atomic E-state index is 0.0956. The first-order chi connectivity index (χ1) is 20.7. The number of halogens is 4. The van der Waals surface area contributed by atoms with Gasteiger partial charge in [-0.1, -0.05) is 23.7 Å². The Kier molecular flexibility index (Phi) is 7.87. The Balaban J connectivity index is 1.29. The molecule has 0 aliphatic carbocycles. The van der Waals surface area contributed by atoms with Gasteiger partial charge in [0.2, 0.25) is 0 Å². The first kappa shape index (κ1) is 28.8. The number of rotatable bonds is 4. The Morgan fingerprint density at radius 1 is 1.00 bits per heavy atom. The summed E-state index contributed by atoms with van der Waals surface area (Å²) < 4.78 is 44.8. The van der Waals surface area contributed by atoms with Crippen LogP contribution in [-0.2, 0) is 6.54 Å². The predicted octanol–water partition coefficient (Wildman–Crippen LogP) is 4.72. The van der Waals surface area contributed by atoms with Gasteiger partial charge in [0.15, 0.2) is 11.8 Å². The first-order valence-corrected chi connectivity index (χ1v) is 14.2. The summed E-state index contributed by atoms with van der Waals surface area (Å²) >= 11 is 6.30. The third-order valence-corrected chi connectivity index (χ3v) is 7.60. The lowest BCUT2D eigenvalue weighted by Crippen LogP contribution is -2.72. The van der Waals surface area contributed by atoms with Crippen molar-refractivity contribution in [1.29, 1.82) is 0 Å². The van der Waals surface area contributed by atoms with Crippen molar-refractivity contribution in [2.45, 2.75) is 32.5 Å². The SMILES string of the molecule is CC1CN(C(N)=Nc2ccc([NH2+]c3ncc4c(n3)-c3ccc(Cl)cc3C(c3c(F)cccc3F)=NC4)cc2F)CC(C)N1. The van der Waals surface area contributed by atoms with Gasteiger partial charge in [0.05, 0.1) is 23.5 Å². The molecule has 0 saturated carbocycles. The topological polar surface area (TPSA) is 108 Å². The van der Waals surface area contributed by atoms with Crippen LogP contribution in [0.15, 0.2) is 70.8 Å². The lowest BCUT2D eigenvalue weighted by molar-refractivity contribution is -0.487. The van der Waals surface area contributed by atoms with Gasteiger partial charge < -0.3 is 16.0 Å². The van der Waals surface area contributed by atoms with Crippen molar-refractivity contribution >= 4 is 40.6 Å². The van der Waals surface area contributed by atoms with Crippen molar-refractivity contribution in [2.75, 3.05) is 13.1 Å². The molecular formula is C31H29ClF3N8+. The monoisotopic (exact) mass is 605 g/mol. The molecule has 0 radical (unpaired) electrons. The van der Waals surface area contributed by atoms with Gasteiger partial charge in [0, 0.05) is 65.2 Å². The maximum absolute atomic E-state index is 15.1. The van der Waals surface area contributed by atoms with E-state index < -0.39 is 17.5 Å². The quantitative estimate of drug-likeness (QED) is 0.177. The second kappa shape index (κ2) is 11.8. The van der Waals surface area contributed by atoms with E-state index in [1.54, 1.807) is 41.8 Å². The van der Waals surface area contributed by atoms with Crippen molar-refractivity contribution in [2.24, 2.45) is 15.7 Å². The number of hydrogen-bond donors (Lipinski definition) is 3. The Bertz CT molecular complexity index is 1750. The van der Waals surface area contributed by atoms with E-state index in [2.05, 4.69) is 34.1 Å². The lowest BCUT2D eigenvalue weighted by Gasteiger charge is -2.36. The van der Waals surface area contributed by atoms with E-state index in [0.717, 1.165) is 0 Å². The summed E-state index contributed by atoms with van der Waals surface area (Å²) in [6, 6.07) is 13.8. The van der Waals surface area contributed by atoms with Gasteiger partial charge in [-0.15, -0.1) is 0 Å². The molecule has 3 heterocycles. The number of piperazine rings is 1. The highest BCUT2D eigenvalue weighted by Crippen LogP contribution is 2.34. The predicted molar refractivity (Wildman–Crippen MR) is 161 cm³/mol. The minimum atomic E-state index is -0.732. The second-order valence-electron chi connectivity index (χ2n) is 10.8. The van der Waals surface area contributed by atoms with Gasteiger partial charge in [-0.3, -0.25) is 4.99 Å². The minimum Gasteiger partial charge on any atom is -0.369 e. The fourth-order valence-corrected chi connectivity index (χ4v) is 5.68. The number of nitrogens with zero attached hydrogens (tertiary/aromatic N) is 5. The van der Waals surface area contributed by atoms with Gasteiger partial charge in [-0.05, 0) is 44.2 Å². The summed E-state index contributed by atoms with van der Waals surface area (Å²) in [7, 11) is 0. The molecule has 0 amide bonds. The number of fused-ring (bicyclic) bond motifs is 3. The summed E-state index contributed by atoms with van der Waals surface area (Å²) in [5.41, 5.74) is 9.01. The zero-order chi connectivity index (χ0) is 30.2. The van der Waals surface area contributed by atoms with E-state index in [-0.39, 0.29) is 41.6 Å². The molecule has 6 rings (SSSR count). The van der Waals surface area contributed by atoms with Crippen LogP contribution in [0.4, 0.5) is 30.5 Å². The molecule has 1 saturated heterocycles. The maximum Gasteiger partial charge on any atom is 0.331 e. The standard InChI is InChI=1S/C31H28ClF3N8/c1-16-14-43(15-17(2)39-16)30(36)41-26-9-7-20(11-25(26)35)40-31-38-13-18-12-37-29(27-23(33)4-3-5-24(27)34)22-10-19(32)6-8-21(22)28(18)42-31/h3-11,13,16-17,39H,12,14-15H2,1-2H3,(H2,36,41)(H,38,40,42)/p+1. The fourth-order valence-electron chi connectivity index (χ4n) is 5.51. The number of nitrogens with one attached hydrogen (secondary N) is 1. The third kappa shape index (κ3) is 5.96. The number of nitrogens with two attached hydrogens (primary N) is 2. The van der Waals surface area contributed by atoms with Crippen LogP contribution in [0.3, 0.4) is 0 Å². The number of benzene rings is 3. The molecule has 2 aliphatic rings. The molecule has 8 nitrogen and oxygen atoms in total. The van der Waals surface area contributed by atoms with Crippen molar-refractivity contribution < 1.29 is 18.5 Å². The Labute approximate surface area is 251 Å². The van der Waals surface area contributed by atoms with Crippen LogP contribution in [0.2, 0.25) is 5.02 Å². The van der Waals surface area contributed by atoms with Crippen LogP contribution in [0.5, 0.6) is 0 Å². The van der Waals surface area contributed by atoms with Crippen molar-refractivity contribution in [3.8, 4) is 11.3 Å². The normalized spacial score (nSPS) is 18.5. The highest BCUT2D eigenvalue weighted by atomic mass is 35.5. The number of hydrogen-bond acceptors (Lipinski definition) is 5. The van der Waals surface area contributed by atoms with Crippen LogP contribution >= 0.6 is 11.6 Å². The summed E-state index contributed by atoms with van der Waals surface area (Å²) in [4.78, 5) is 20.0. The van der Waals surface area contributed by atoms with Gasteiger partial charge in [0.25, 0.3) is 0 Å². The highest BCUT2D eigenvalue weighted by Gasteiger charge is 2.26. The van der Waals surface area contributed by atoms with E-state index in [0.29, 0.717) is 52.1 Å². The molecule has 0 bridgehead atoms. The molecule has 1 fully saturated rings. The number of quaternary nitrogens is 1. The third-order valence-electron chi connectivity index (χ3n) is 7.37. The second-order valence-corrected chi connectivity index (χ2v) is 11.2. The average molecular weight is 606 g/mol. The van der Waals surface area contributed by atoms with E-state index in [1.165, 1.54) is 24.3 Å². The highest BCUT2D eigenvalue weighted by molar-refractivity contribution is 6.31. The lowest BCUT2D eigenvalue weighted by atomic mass is 9.95. The molecular weight excluding hydrogens is 577 g/mol. The van der Waals surface area contributed by atoms with Crippen molar-refractivity contribution in [1.82, 2.24) is 20.2 Å². The van der Waals surface area contributed by atoms with Crippen LogP contribution in [0.25, 0.3) is 11.3 Å². The van der Waals surface area contributed by atoms with Crippen LogP contribution < -0.4 is 16.4 Å². The van der Waals surface area contributed by atoms with E-state index >= 15 is 4.39 Å². The van der Waals surface area contributed by atoms with E-state index in [9.17, 15) is 8.78 Å². The molecule has 43 heavy (non-hydrogen) atoms. The van der Waals surface area contributed by atoms with Crippen molar-refractivity contribution in [3.63, 3.8) is 0 Å².